The van der Waals surface area contributed by atoms with Crippen LogP contribution in [-0.4, -0.2) is 33.9 Å². The van der Waals surface area contributed by atoms with Crippen molar-refractivity contribution in [3.63, 3.8) is 0 Å². The average molecular weight is 363 g/mol. The fraction of sp³-hybridized carbons (Fsp3) is 0.235. The van der Waals surface area contributed by atoms with Gasteiger partial charge >= 0.3 is 0 Å². The van der Waals surface area contributed by atoms with Crippen molar-refractivity contribution < 1.29 is 4.74 Å². The van der Waals surface area contributed by atoms with Gasteiger partial charge in [-0.3, -0.25) is 0 Å². The minimum Gasteiger partial charge on any atom is -0.385 e. The van der Waals surface area contributed by atoms with Crippen LogP contribution in [0.15, 0.2) is 42.5 Å². The predicted molar refractivity (Wildman–Crippen MR) is 95.2 cm³/mol. The Balaban J connectivity index is 1.93. The molecular formula is C17H16Cl2N4O. The number of benzene rings is 2. The maximum absolute atomic E-state index is 6.31. The molecule has 0 saturated heterocycles. The first-order valence-electron chi connectivity index (χ1n) is 7.50. The van der Waals surface area contributed by atoms with Crippen LogP contribution in [0.2, 0.25) is 10.0 Å². The van der Waals surface area contributed by atoms with Crippen LogP contribution in [0.1, 0.15) is 6.42 Å². The molecule has 0 aliphatic rings. The van der Waals surface area contributed by atoms with Gasteiger partial charge in [-0.25, -0.2) is 4.68 Å². The molecule has 2 aromatic carbocycles. The van der Waals surface area contributed by atoms with Crippen LogP contribution in [0.25, 0.3) is 22.5 Å². The molecule has 0 saturated carbocycles. The van der Waals surface area contributed by atoms with Gasteiger partial charge in [0.05, 0.1) is 0 Å². The summed E-state index contributed by atoms with van der Waals surface area (Å²) in [4.78, 5) is 0. The summed E-state index contributed by atoms with van der Waals surface area (Å²) in [5.74, 6) is 0.720. The summed E-state index contributed by atoms with van der Waals surface area (Å²) in [6, 6.07) is 13.4. The molecule has 0 spiro atoms. The van der Waals surface area contributed by atoms with E-state index in [9.17, 15) is 0 Å². The molecule has 0 atom stereocenters. The number of nitrogens with zero attached hydrogens (tertiary/aromatic N) is 4. The SMILES string of the molecule is COCCCn1nnnc1-c1cccc(-c2ccc(Cl)cc2Cl)c1. The molecule has 0 fully saturated rings. The van der Waals surface area contributed by atoms with E-state index in [0.717, 1.165) is 28.9 Å². The molecule has 1 aromatic heterocycles. The van der Waals surface area contributed by atoms with Crippen LogP contribution in [0.5, 0.6) is 0 Å². The fourth-order valence-corrected chi connectivity index (χ4v) is 2.99. The van der Waals surface area contributed by atoms with Crippen LogP contribution in [-0.2, 0) is 11.3 Å². The lowest BCUT2D eigenvalue weighted by Crippen LogP contribution is -2.05. The van der Waals surface area contributed by atoms with Crippen molar-refractivity contribution in [1.29, 1.82) is 0 Å². The number of hydrogen-bond acceptors (Lipinski definition) is 4. The third kappa shape index (κ3) is 3.75. The van der Waals surface area contributed by atoms with E-state index in [1.54, 1.807) is 17.9 Å². The number of methoxy groups -OCH3 is 1. The molecule has 0 aliphatic heterocycles. The monoisotopic (exact) mass is 362 g/mol. The fourth-order valence-electron chi connectivity index (χ4n) is 2.47. The molecule has 0 radical (unpaired) electrons. The van der Waals surface area contributed by atoms with Crippen LogP contribution in [0.4, 0.5) is 0 Å². The normalized spacial score (nSPS) is 11.0. The van der Waals surface area contributed by atoms with Gasteiger partial charge in [0.25, 0.3) is 0 Å². The minimum absolute atomic E-state index is 0.610. The van der Waals surface area contributed by atoms with Gasteiger partial charge < -0.3 is 4.74 Å². The summed E-state index contributed by atoms with van der Waals surface area (Å²) in [5, 5.41) is 13.2. The molecule has 3 rings (SSSR count). The maximum Gasteiger partial charge on any atom is 0.182 e. The van der Waals surface area contributed by atoms with Gasteiger partial charge in [-0.05, 0) is 40.6 Å². The van der Waals surface area contributed by atoms with Gasteiger partial charge in [0.2, 0.25) is 0 Å². The van der Waals surface area contributed by atoms with Crippen LogP contribution in [0, 0.1) is 0 Å². The third-order valence-electron chi connectivity index (χ3n) is 3.61. The van der Waals surface area contributed by atoms with Gasteiger partial charge in [0.1, 0.15) is 0 Å². The number of tetrazole rings is 1. The Kier molecular flexibility index (Phi) is 5.45. The lowest BCUT2D eigenvalue weighted by Gasteiger charge is -2.08. The molecule has 0 aliphatic carbocycles. The Labute approximate surface area is 150 Å². The van der Waals surface area contributed by atoms with Crippen molar-refractivity contribution >= 4 is 23.2 Å². The first-order chi connectivity index (χ1) is 11.7. The van der Waals surface area contributed by atoms with Crippen LogP contribution < -0.4 is 0 Å². The van der Waals surface area contributed by atoms with E-state index in [2.05, 4.69) is 15.5 Å². The number of halogens is 2. The van der Waals surface area contributed by atoms with Crippen molar-refractivity contribution in [3.8, 4) is 22.5 Å². The second-order valence-electron chi connectivity index (χ2n) is 5.28. The molecule has 1 heterocycles. The molecule has 24 heavy (non-hydrogen) atoms. The van der Waals surface area contributed by atoms with Crippen LogP contribution in [0.3, 0.4) is 0 Å². The quantitative estimate of drug-likeness (QED) is 0.611. The molecular weight excluding hydrogens is 347 g/mol. The highest BCUT2D eigenvalue weighted by molar-refractivity contribution is 6.36. The van der Waals surface area contributed by atoms with E-state index in [1.165, 1.54) is 0 Å². The van der Waals surface area contributed by atoms with Crippen molar-refractivity contribution in [2.45, 2.75) is 13.0 Å². The summed E-state index contributed by atoms with van der Waals surface area (Å²) >= 11 is 12.3. The maximum atomic E-state index is 6.31. The second kappa shape index (κ2) is 7.75. The van der Waals surface area contributed by atoms with E-state index in [0.29, 0.717) is 23.2 Å². The number of ether oxygens (including phenoxy) is 1. The van der Waals surface area contributed by atoms with E-state index in [1.807, 2.05) is 36.4 Å². The van der Waals surface area contributed by atoms with Crippen molar-refractivity contribution in [2.24, 2.45) is 0 Å². The Morgan fingerprint density at radius 3 is 2.71 bits per heavy atom. The number of aryl methyl sites for hydroxylation is 1. The number of aromatic nitrogens is 4. The van der Waals surface area contributed by atoms with Crippen LogP contribution >= 0.6 is 23.2 Å². The summed E-state index contributed by atoms with van der Waals surface area (Å²) in [6.07, 6.45) is 0.844. The summed E-state index contributed by atoms with van der Waals surface area (Å²) in [6.45, 7) is 1.36. The molecule has 3 aromatic rings. The van der Waals surface area contributed by atoms with Gasteiger partial charge in [-0.15, -0.1) is 5.10 Å². The minimum atomic E-state index is 0.610. The van der Waals surface area contributed by atoms with Gasteiger partial charge in [-0.1, -0.05) is 47.5 Å². The zero-order valence-electron chi connectivity index (χ0n) is 13.1. The lowest BCUT2D eigenvalue weighted by atomic mass is 10.0. The summed E-state index contributed by atoms with van der Waals surface area (Å²) < 4.78 is 6.86. The third-order valence-corrected chi connectivity index (χ3v) is 4.16. The molecule has 0 N–H and O–H groups in total. The smallest absolute Gasteiger partial charge is 0.182 e. The van der Waals surface area contributed by atoms with Crippen molar-refractivity contribution in [3.05, 3.63) is 52.5 Å². The highest BCUT2D eigenvalue weighted by Gasteiger charge is 2.11. The molecule has 0 amide bonds. The van der Waals surface area contributed by atoms with Gasteiger partial charge in [0.15, 0.2) is 5.82 Å². The van der Waals surface area contributed by atoms with E-state index in [4.69, 9.17) is 27.9 Å². The molecule has 124 valence electrons. The molecule has 0 bridgehead atoms. The largest absolute Gasteiger partial charge is 0.385 e. The zero-order valence-corrected chi connectivity index (χ0v) is 14.6. The highest BCUT2D eigenvalue weighted by atomic mass is 35.5. The standard InChI is InChI=1S/C17H16Cl2N4O/c1-24-9-3-8-23-17(20-21-22-23)13-5-2-4-12(10-13)15-7-6-14(18)11-16(15)19/h2,4-7,10-11H,3,8-9H2,1H3. The first-order valence-corrected chi connectivity index (χ1v) is 8.25. The highest BCUT2D eigenvalue weighted by Crippen LogP contribution is 2.32. The average Bonchev–Trinajstić information content (AvgIpc) is 3.04. The Morgan fingerprint density at radius 2 is 1.92 bits per heavy atom. The zero-order chi connectivity index (χ0) is 16.9. The van der Waals surface area contributed by atoms with Gasteiger partial charge in [-0.2, -0.15) is 0 Å². The Hall–Kier alpha value is -1.95. The predicted octanol–water partition coefficient (Wildman–Crippen LogP) is 4.35. The van der Waals surface area contributed by atoms with E-state index < -0.39 is 0 Å². The molecule has 7 heteroatoms. The molecule has 5 nitrogen and oxygen atoms in total. The number of hydrogen-bond donors (Lipinski definition) is 0. The summed E-state index contributed by atoms with van der Waals surface area (Å²) in [5.41, 5.74) is 2.84. The first kappa shape index (κ1) is 16.9. The Morgan fingerprint density at radius 1 is 1.08 bits per heavy atom. The van der Waals surface area contributed by atoms with Crippen molar-refractivity contribution in [1.82, 2.24) is 20.2 Å². The van der Waals surface area contributed by atoms with Crippen molar-refractivity contribution in [2.75, 3.05) is 13.7 Å². The summed E-state index contributed by atoms with van der Waals surface area (Å²) in [7, 11) is 1.68. The number of rotatable bonds is 6. The topological polar surface area (TPSA) is 52.8 Å². The molecule has 0 unspecified atom stereocenters. The van der Waals surface area contributed by atoms with E-state index in [-0.39, 0.29) is 0 Å². The Bertz CT molecular complexity index is 835. The van der Waals surface area contributed by atoms with Gasteiger partial charge in [0, 0.05) is 41.4 Å². The van der Waals surface area contributed by atoms with E-state index >= 15 is 0 Å². The lowest BCUT2D eigenvalue weighted by molar-refractivity contribution is 0.189. The second-order valence-corrected chi connectivity index (χ2v) is 6.12.